The molecular weight excluding hydrogens is 296 g/mol. The van der Waals surface area contributed by atoms with Crippen molar-refractivity contribution in [1.29, 1.82) is 0 Å². The highest BCUT2D eigenvalue weighted by Crippen LogP contribution is 2.29. The van der Waals surface area contributed by atoms with Crippen LogP contribution >= 0.6 is 0 Å². The fourth-order valence-corrected chi connectivity index (χ4v) is 2.06. The number of rotatable bonds is 4. The Bertz CT molecular complexity index is 689. The van der Waals surface area contributed by atoms with E-state index in [4.69, 9.17) is 9.47 Å². The van der Waals surface area contributed by atoms with Gasteiger partial charge < -0.3 is 9.47 Å². The number of hydrogen-bond donors (Lipinski definition) is 2. The van der Waals surface area contributed by atoms with Crippen LogP contribution in [0.15, 0.2) is 42.5 Å². The molecule has 120 valence electrons. The van der Waals surface area contributed by atoms with Crippen LogP contribution in [0.4, 0.5) is 0 Å². The second kappa shape index (κ2) is 7.31. The number of carbonyl (C=O) groups is 2. The minimum absolute atomic E-state index is 0.317. The van der Waals surface area contributed by atoms with E-state index in [2.05, 4.69) is 10.9 Å². The highest BCUT2D eigenvalue weighted by Gasteiger charge is 2.14. The van der Waals surface area contributed by atoms with Crippen molar-refractivity contribution in [3.8, 4) is 11.5 Å². The topological polar surface area (TPSA) is 76.7 Å². The third kappa shape index (κ3) is 3.79. The molecule has 0 unspecified atom stereocenters. The number of methoxy groups -OCH3 is 2. The molecule has 0 aliphatic carbocycles. The molecule has 0 aliphatic heterocycles. The first-order valence-electron chi connectivity index (χ1n) is 6.95. The van der Waals surface area contributed by atoms with Crippen LogP contribution in [0.1, 0.15) is 26.3 Å². The Morgan fingerprint density at radius 2 is 1.30 bits per heavy atom. The van der Waals surface area contributed by atoms with E-state index >= 15 is 0 Å². The van der Waals surface area contributed by atoms with Gasteiger partial charge in [0, 0.05) is 16.7 Å². The number of benzene rings is 2. The largest absolute Gasteiger partial charge is 0.496 e. The summed E-state index contributed by atoms with van der Waals surface area (Å²) >= 11 is 0. The number of amides is 2. The lowest BCUT2D eigenvalue weighted by Gasteiger charge is -2.13. The Hall–Kier alpha value is -3.02. The molecule has 23 heavy (non-hydrogen) atoms. The molecule has 0 radical (unpaired) electrons. The smallest absolute Gasteiger partial charge is 0.269 e. The summed E-state index contributed by atoms with van der Waals surface area (Å²) < 4.78 is 10.5. The molecule has 0 aromatic heterocycles. The van der Waals surface area contributed by atoms with Gasteiger partial charge in [0.05, 0.1) is 14.2 Å². The van der Waals surface area contributed by atoms with Crippen molar-refractivity contribution in [2.24, 2.45) is 0 Å². The standard InChI is InChI=1S/C17H18N2O4/c1-11-14(22-2)9-13(10-15(11)23-3)17(21)19-18-16(20)12-7-5-4-6-8-12/h4-10H,1-3H3,(H,18,20)(H,19,21). The lowest BCUT2D eigenvalue weighted by molar-refractivity contribution is 0.0846. The van der Waals surface area contributed by atoms with Gasteiger partial charge in [-0.25, -0.2) is 0 Å². The third-order valence-corrected chi connectivity index (χ3v) is 3.34. The molecule has 2 aromatic carbocycles. The summed E-state index contributed by atoms with van der Waals surface area (Å²) in [5.41, 5.74) is 6.30. The predicted octanol–water partition coefficient (Wildman–Crippen LogP) is 2.09. The minimum atomic E-state index is -0.467. The van der Waals surface area contributed by atoms with E-state index in [9.17, 15) is 9.59 Å². The third-order valence-electron chi connectivity index (χ3n) is 3.34. The highest BCUT2D eigenvalue weighted by molar-refractivity contribution is 5.99. The van der Waals surface area contributed by atoms with E-state index in [0.717, 1.165) is 5.56 Å². The Morgan fingerprint density at radius 3 is 1.78 bits per heavy atom. The maximum absolute atomic E-state index is 12.2. The minimum Gasteiger partial charge on any atom is -0.496 e. The Kier molecular flexibility index (Phi) is 5.19. The van der Waals surface area contributed by atoms with Crippen LogP contribution in [0.3, 0.4) is 0 Å². The molecule has 0 spiro atoms. The average Bonchev–Trinajstić information content (AvgIpc) is 2.60. The van der Waals surface area contributed by atoms with Crippen LogP contribution in [0.25, 0.3) is 0 Å². The lowest BCUT2D eigenvalue weighted by Crippen LogP contribution is -2.41. The first-order chi connectivity index (χ1) is 11.1. The first-order valence-corrected chi connectivity index (χ1v) is 6.95. The van der Waals surface area contributed by atoms with Crippen molar-refractivity contribution < 1.29 is 19.1 Å². The Morgan fingerprint density at radius 1 is 0.826 bits per heavy atom. The highest BCUT2D eigenvalue weighted by atomic mass is 16.5. The zero-order valence-corrected chi connectivity index (χ0v) is 13.2. The summed E-state index contributed by atoms with van der Waals surface area (Å²) in [6.07, 6.45) is 0. The molecule has 0 bridgehead atoms. The zero-order valence-electron chi connectivity index (χ0n) is 13.2. The van der Waals surface area contributed by atoms with Gasteiger partial charge in [0.15, 0.2) is 0 Å². The normalized spacial score (nSPS) is 9.87. The molecule has 0 heterocycles. The van der Waals surface area contributed by atoms with Crippen LogP contribution in [-0.4, -0.2) is 26.0 Å². The van der Waals surface area contributed by atoms with Crippen molar-refractivity contribution in [3.63, 3.8) is 0 Å². The zero-order chi connectivity index (χ0) is 16.8. The maximum atomic E-state index is 12.2. The summed E-state index contributed by atoms with van der Waals surface area (Å²) in [6, 6.07) is 11.8. The van der Waals surface area contributed by atoms with Gasteiger partial charge in [-0.05, 0) is 31.2 Å². The molecule has 2 amide bonds. The van der Waals surface area contributed by atoms with Gasteiger partial charge in [0.25, 0.3) is 11.8 Å². The Labute approximate surface area is 134 Å². The summed E-state index contributed by atoms with van der Waals surface area (Å²) in [5.74, 6) is 0.198. The second-order valence-corrected chi connectivity index (χ2v) is 4.78. The summed E-state index contributed by atoms with van der Waals surface area (Å²) in [5, 5.41) is 0. The second-order valence-electron chi connectivity index (χ2n) is 4.78. The molecule has 6 heteroatoms. The van der Waals surface area contributed by atoms with Crippen molar-refractivity contribution in [2.45, 2.75) is 6.92 Å². The first kappa shape index (κ1) is 16.4. The monoisotopic (exact) mass is 314 g/mol. The fraction of sp³-hybridized carbons (Fsp3) is 0.176. The number of carbonyl (C=O) groups excluding carboxylic acids is 2. The molecule has 0 saturated heterocycles. The van der Waals surface area contributed by atoms with Gasteiger partial charge in [0.1, 0.15) is 11.5 Å². The average molecular weight is 314 g/mol. The quantitative estimate of drug-likeness (QED) is 0.847. The van der Waals surface area contributed by atoms with Gasteiger partial charge in [-0.2, -0.15) is 0 Å². The number of hydrazine groups is 1. The molecule has 0 atom stereocenters. The van der Waals surface area contributed by atoms with Crippen molar-refractivity contribution in [2.75, 3.05) is 14.2 Å². The van der Waals surface area contributed by atoms with Crippen molar-refractivity contribution in [3.05, 3.63) is 59.2 Å². The maximum Gasteiger partial charge on any atom is 0.269 e. The van der Waals surface area contributed by atoms with E-state index in [-0.39, 0.29) is 0 Å². The molecule has 0 aliphatic rings. The molecule has 6 nitrogen and oxygen atoms in total. The van der Waals surface area contributed by atoms with E-state index in [1.807, 2.05) is 6.92 Å². The van der Waals surface area contributed by atoms with E-state index < -0.39 is 11.8 Å². The van der Waals surface area contributed by atoms with E-state index in [1.54, 1.807) is 42.5 Å². The number of ether oxygens (including phenoxy) is 2. The molecule has 2 N–H and O–H groups in total. The van der Waals surface area contributed by atoms with Crippen LogP contribution in [0.2, 0.25) is 0 Å². The van der Waals surface area contributed by atoms with Crippen molar-refractivity contribution >= 4 is 11.8 Å². The lowest BCUT2D eigenvalue weighted by atomic mass is 10.1. The molecule has 2 rings (SSSR count). The SMILES string of the molecule is COc1cc(C(=O)NNC(=O)c2ccccc2)cc(OC)c1C. The van der Waals surface area contributed by atoms with Gasteiger partial charge in [-0.3, -0.25) is 20.4 Å². The summed E-state index contributed by atoms with van der Waals surface area (Å²) in [6.45, 7) is 1.83. The van der Waals surface area contributed by atoms with E-state index in [0.29, 0.717) is 22.6 Å². The fourth-order valence-electron chi connectivity index (χ4n) is 2.06. The summed E-state index contributed by atoms with van der Waals surface area (Å²) in [7, 11) is 3.03. The van der Waals surface area contributed by atoms with Crippen molar-refractivity contribution in [1.82, 2.24) is 10.9 Å². The van der Waals surface area contributed by atoms with Gasteiger partial charge in [-0.1, -0.05) is 18.2 Å². The molecule has 0 fully saturated rings. The van der Waals surface area contributed by atoms with Crippen LogP contribution in [0.5, 0.6) is 11.5 Å². The summed E-state index contributed by atoms with van der Waals surface area (Å²) in [4.78, 5) is 24.1. The van der Waals surface area contributed by atoms with Crippen LogP contribution in [0, 0.1) is 6.92 Å². The number of hydrogen-bond acceptors (Lipinski definition) is 4. The van der Waals surface area contributed by atoms with Gasteiger partial charge in [0.2, 0.25) is 0 Å². The Balaban J connectivity index is 2.10. The molecular formula is C17H18N2O4. The van der Waals surface area contributed by atoms with Crippen LogP contribution < -0.4 is 20.3 Å². The van der Waals surface area contributed by atoms with Crippen LogP contribution in [-0.2, 0) is 0 Å². The predicted molar refractivity (Wildman–Crippen MR) is 85.7 cm³/mol. The molecule has 2 aromatic rings. The van der Waals surface area contributed by atoms with Gasteiger partial charge >= 0.3 is 0 Å². The number of nitrogens with one attached hydrogen (secondary N) is 2. The van der Waals surface area contributed by atoms with E-state index in [1.165, 1.54) is 14.2 Å². The molecule has 0 saturated carbocycles. The van der Waals surface area contributed by atoms with Gasteiger partial charge in [-0.15, -0.1) is 0 Å².